The van der Waals surface area contributed by atoms with Crippen LogP contribution in [0.25, 0.3) is 0 Å². The zero-order valence-electron chi connectivity index (χ0n) is 13.6. The highest BCUT2D eigenvalue weighted by Gasteiger charge is 1.98. The van der Waals surface area contributed by atoms with Crippen LogP contribution >= 0.6 is 0 Å². The van der Waals surface area contributed by atoms with Gasteiger partial charge in [0.05, 0.1) is 0 Å². The van der Waals surface area contributed by atoms with Gasteiger partial charge in [-0.15, -0.1) is 0 Å². The van der Waals surface area contributed by atoms with Crippen molar-refractivity contribution in [3.05, 3.63) is 12.2 Å². The van der Waals surface area contributed by atoms with E-state index in [-0.39, 0.29) is 11.8 Å². The number of rotatable bonds is 14. The third-order valence-electron chi connectivity index (χ3n) is 3.25. The first-order valence-corrected chi connectivity index (χ1v) is 8.34. The SMILES string of the molecule is NCCCCCCNC(=O)/C=C\C(=O)NCCCCCCN. The van der Waals surface area contributed by atoms with Crippen molar-refractivity contribution in [2.45, 2.75) is 51.4 Å². The molecule has 0 aromatic carbocycles. The van der Waals surface area contributed by atoms with Gasteiger partial charge in [0.2, 0.25) is 11.8 Å². The van der Waals surface area contributed by atoms with Crippen LogP contribution in [-0.4, -0.2) is 38.0 Å². The highest BCUT2D eigenvalue weighted by molar-refractivity contribution is 5.96. The van der Waals surface area contributed by atoms with Gasteiger partial charge >= 0.3 is 0 Å². The highest BCUT2D eigenvalue weighted by Crippen LogP contribution is 1.97. The largest absolute Gasteiger partial charge is 0.353 e. The van der Waals surface area contributed by atoms with E-state index in [9.17, 15) is 9.59 Å². The second-order valence-electron chi connectivity index (χ2n) is 5.32. The molecule has 0 atom stereocenters. The van der Waals surface area contributed by atoms with E-state index < -0.39 is 0 Å². The number of unbranched alkanes of at least 4 members (excludes halogenated alkanes) is 6. The third kappa shape index (κ3) is 15.0. The summed E-state index contributed by atoms with van der Waals surface area (Å²) in [5, 5.41) is 5.51. The molecule has 6 heteroatoms. The van der Waals surface area contributed by atoms with Gasteiger partial charge in [0.1, 0.15) is 0 Å². The molecule has 0 spiro atoms. The van der Waals surface area contributed by atoms with Crippen molar-refractivity contribution in [3.63, 3.8) is 0 Å². The molecule has 128 valence electrons. The van der Waals surface area contributed by atoms with Crippen molar-refractivity contribution in [1.29, 1.82) is 0 Å². The molecule has 0 fully saturated rings. The van der Waals surface area contributed by atoms with E-state index in [0.29, 0.717) is 13.1 Å². The Morgan fingerprint density at radius 3 is 1.36 bits per heavy atom. The minimum Gasteiger partial charge on any atom is -0.353 e. The first-order valence-electron chi connectivity index (χ1n) is 8.34. The molecule has 22 heavy (non-hydrogen) atoms. The van der Waals surface area contributed by atoms with Gasteiger partial charge in [-0.25, -0.2) is 0 Å². The molecule has 6 nitrogen and oxygen atoms in total. The fourth-order valence-electron chi connectivity index (χ4n) is 1.94. The maximum absolute atomic E-state index is 11.5. The lowest BCUT2D eigenvalue weighted by Gasteiger charge is -2.03. The highest BCUT2D eigenvalue weighted by atomic mass is 16.2. The van der Waals surface area contributed by atoms with Crippen LogP contribution in [0.15, 0.2) is 12.2 Å². The molecule has 0 unspecified atom stereocenters. The van der Waals surface area contributed by atoms with Gasteiger partial charge in [0.25, 0.3) is 0 Å². The molecule has 0 heterocycles. The first kappa shape index (κ1) is 20.6. The predicted molar refractivity (Wildman–Crippen MR) is 90.2 cm³/mol. The summed E-state index contributed by atoms with van der Waals surface area (Å²) in [5.41, 5.74) is 10.8. The summed E-state index contributed by atoms with van der Waals surface area (Å²) >= 11 is 0. The lowest BCUT2D eigenvalue weighted by Crippen LogP contribution is -2.25. The number of amides is 2. The summed E-state index contributed by atoms with van der Waals surface area (Å²) in [7, 11) is 0. The third-order valence-corrected chi connectivity index (χ3v) is 3.25. The summed E-state index contributed by atoms with van der Waals surface area (Å²) in [6, 6.07) is 0. The second kappa shape index (κ2) is 16.0. The zero-order chi connectivity index (χ0) is 16.5. The van der Waals surface area contributed by atoms with E-state index in [2.05, 4.69) is 10.6 Å². The maximum Gasteiger partial charge on any atom is 0.244 e. The van der Waals surface area contributed by atoms with Crippen molar-refractivity contribution in [2.24, 2.45) is 11.5 Å². The van der Waals surface area contributed by atoms with Crippen LogP contribution in [0.2, 0.25) is 0 Å². The lowest BCUT2D eigenvalue weighted by atomic mass is 10.2. The van der Waals surface area contributed by atoms with Crippen LogP contribution in [0.4, 0.5) is 0 Å². The van der Waals surface area contributed by atoms with E-state index in [1.165, 1.54) is 12.2 Å². The van der Waals surface area contributed by atoms with Gasteiger partial charge in [-0.2, -0.15) is 0 Å². The van der Waals surface area contributed by atoms with Gasteiger partial charge in [-0.3, -0.25) is 9.59 Å². The van der Waals surface area contributed by atoms with Crippen LogP contribution in [0.3, 0.4) is 0 Å². The van der Waals surface area contributed by atoms with Gasteiger partial charge in [0, 0.05) is 25.2 Å². The van der Waals surface area contributed by atoms with Crippen LogP contribution in [-0.2, 0) is 9.59 Å². The topological polar surface area (TPSA) is 110 Å². The Bertz CT molecular complexity index is 289. The van der Waals surface area contributed by atoms with Gasteiger partial charge in [-0.1, -0.05) is 25.7 Å². The Morgan fingerprint density at radius 2 is 1.00 bits per heavy atom. The van der Waals surface area contributed by atoms with E-state index in [1.807, 2.05) is 0 Å². The molecule has 0 aliphatic carbocycles. The Kier molecular flexibility index (Phi) is 15.0. The smallest absolute Gasteiger partial charge is 0.244 e. The molecule has 0 saturated heterocycles. The quantitative estimate of drug-likeness (QED) is 0.281. The molecule has 0 aliphatic heterocycles. The number of nitrogens with one attached hydrogen (secondary N) is 2. The van der Waals surface area contributed by atoms with Crippen molar-refractivity contribution in [2.75, 3.05) is 26.2 Å². The molecule has 0 aromatic heterocycles. The van der Waals surface area contributed by atoms with Gasteiger partial charge in [0.15, 0.2) is 0 Å². The van der Waals surface area contributed by atoms with Crippen LogP contribution in [0.5, 0.6) is 0 Å². The molecule has 0 rings (SSSR count). The number of carbonyl (C=O) groups is 2. The molecule has 6 N–H and O–H groups in total. The molecule has 0 saturated carbocycles. The molecule has 2 amide bonds. The summed E-state index contributed by atoms with van der Waals surface area (Å²) < 4.78 is 0. The van der Waals surface area contributed by atoms with Crippen molar-refractivity contribution < 1.29 is 9.59 Å². The van der Waals surface area contributed by atoms with E-state index >= 15 is 0 Å². The zero-order valence-corrected chi connectivity index (χ0v) is 13.6. The van der Waals surface area contributed by atoms with Crippen molar-refractivity contribution in [1.82, 2.24) is 10.6 Å². The Morgan fingerprint density at radius 1 is 0.636 bits per heavy atom. The summed E-state index contributed by atoms with van der Waals surface area (Å²) in [5.74, 6) is -0.450. The molecule has 0 aromatic rings. The number of hydrogen-bond acceptors (Lipinski definition) is 4. The van der Waals surface area contributed by atoms with Crippen molar-refractivity contribution >= 4 is 11.8 Å². The van der Waals surface area contributed by atoms with E-state index in [4.69, 9.17) is 11.5 Å². The fourth-order valence-corrected chi connectivity index (χ4v) is 1.94. The standard InChI is InChI=1S/C16H32N4O2/c17-11-5-1-3-7-13-19-15(21)9-10-16(22)20-14-8-4-2-6-12-18/h9-10H,1-8,11-14,17-18H2,(H,19,21)(H,20,22)/b10-9-. The average Bonchev–Trinajstić information content (AvgIpc) is 2.52. The van der Waals surface area contributed by atoms with Crippen molar-refractivity contribution in [3.8, 4) is 0 Å². The molecule has 0 aliphatic rings. The average molecular weight is 312 g/mol. The number of carbonyl (C=O) groups excluding carboxylic acids is 2. The number of nitrogens with two attached hydrogens (primary N) is 2. The Labute approximate surface area is 134 Å². The monoisotopic (exact) mass is 312 g/mol. The molecular weight excluding hydrogens is 280 g/mol. The first-order chi connectivity index (χ1) is 10.7. The van der Waals surface area contributed by atoms with Crippen LogP contribution in [0.1, 0.15) is 51.4 Å². The van der Waals surface area contributed by atoms with E-state index in [0.717, 1.165) is 64.5 Å². The summed E-state index contributed by atoms with van der Waals surface area (Å²) in [6.07, 6.45) is 10.8. The minimum absolute atomic E-state index is 0.225. The number of hydrogen-bond donors (Lipinski definition) is 4. The Balaban J connectivity index is 3.51. The normalized spacial score (nSPS) is 10.8. The molecular formula is C16H32N4O2. The predicted octanol–water partition coefficient (Wildman–Crippen LogP) is 0.813. The van der Waals surface area contributed by atoms with Crippen LogP contribution in [0, 0.1) is 0 Å². The summed E-state index contributed by atoms with van der Waals surface area (Å²) in [4.78, 5) is 22.9. The van der Waals surface area contributed by atoms with Gasteiger partial charge in [-0.05, 0) is 38.8 Å². The van der Waals surface area contributed by atoms with Crippen LogP contribution < -0.4 is 22.1 Å². The molecule has 0 radical (unpaired) electrons. The molecule has 0 bridgehead atoms. The van der Waals surface area contributed by atoms with Gasteiger partial charge < -0.3 is 22.1 Å². The van der Waals surface area contributed by atoms with E-state index in [1.54, 1.807) is 0 Å². The lowest BCUT2D eigenvalue weighted by molar-refractivity contribution is -0.118. The minimum atomic E-state index is -0.225. The maximum atomic E-state index is 11.5. The fraction of sp³-hybridized carbons (Fsp3) is 0.750. The summed E-state index contributed by atoms with van der Waals surface area (Å²) in [6.45, 7) is 2.71. The second-order valence-corrected chi connectivity index (χ2v) is 5.32. The Hall–Kier alpha value is -1.40.